The number of aliphatic hydroxyl groups is 1. The Labute approximate surface area is 143 Å². The van der Waals surface area contributed by atoms with Crippen molar-refractivity contribution in [2.24, 2.45) is 0 Å². The monoisotopic (exact) mass is 378 g/mol. The highest BCUT2D eigenvalue weighted by molar-refractivity contribution is 9.10. The SMILES string of the molecule is CC(C)Oc1ccc(C(O)CNC(=O)c2ncccc2Br)cc1. The number of carbonyl (C=O) groups is 1. The average molecular weight is 379 g/mol. The number of nitrogens with zero attached hydrogens (tertiary/aromatic N) is 1. The molecule has 23 heavy (non-hydrogen) atoms. The van der Waals surface area contributed by atoms with Crippen molar-refractivity contribution in [2.45, 2.75) is 26.1 Å². The Balaban J connectivity index is 1.93. The average Bonchev–Trinajstić information content (AvgIpc) is 2.53. The number of aliphatic hydroxyl groups excluding tert-OH is 1. The van der Waals surface area contributed by atoms with Crippen LogP contribution in [0.3, 0.4) is 0 Å². The number of nitrogens with one attached hydrogen (secondary N) is 1. The predicted molar refractivity (Wildman–Crippen MR) is 91.4 cm³/mol. The molecule has 1 amide bonds. The molecule has 0 aliphatic heterocycles. The van der Waals surface area contributed by atoms with Crippen molar-refractivity contribution in [3.05, 3.63) is 58.3 Å². The third kappa shape index (κ3) is 5.04. The summed E-state index contributed by atoms with van der Waals surface area (Å²) in [5.74, 6) is 0.411. The number of hydrogen-bond acceptors (Lipinski definition) is 4. The number of carbonyl (C=O) groups excluding carboxylic acids is 1. The number of amides is 1. The van der Waals surface area contributed by atoms with E-state index >= 15 is 0 Å². The number of benzene rings is 1. The minimum absolute atomic E-state index is 0.0990. The van der Waals surface area contributed by atoms with Crippen molar-refractivity contribution in [1.29, 1.82) is 0 Å². The van der Waals surface area contributed by atoms with Crippen LogP contribution in [0.1, 0.15) is 36.0 Å². The predicted octanol–water partition coefficient (Wildman–Crippen LogP) is 3.09. The normalized spacial score (nSPS) is 12.0. The summed E-state index contributed by atoms with van der Waals surface area (Å²) in [6.07, 6.45) is 0.847. The Bertz CT molecular complexity index is 659. The first-order chi connectivity index (χ1) is 11.0. The highest BCUT2D eigenvalue weighted by Gasteiger charge is 2.14. The fraction of sp³-hybridized carbons (Fsp3) is 0.294. The smallest absolute Gasteiger partial charge is 0.271 e. The van der Waals surface area contributed by atoms with Gasteiger partial charge in [0.2, 0.25) is 0 Å². The van der Waals surface area contributed by atoms with E-state index in [-0.39, 0.29) is 18.6 Å². The lowest BCUT2D eigenvalue weighted by atomic mass is 10.1. The molecule has 0 saturated carbocycles. The van der Waals surface area contributed by atoms with Gasteiger partial charge in [0.05, 0.1) is 12.2 Å². The van der Waals surface area contributed by atoms with Gasteiger partial charge in [0.15, 0.2) is 0 Å². The van der Waals surface area contributed by atoms with Crippen molar-refractivity contribution in [3.8, 4) is 5.75 Å². The van der Waals surface area contributed by atoms with E-state index in [9.17, 15) is 9.90 Å². The van der Waals surface area contributed by atoms with Gasteiger partial charge >= 0.3 is 0 Å². The van der Waals surface area contributed by atoms with Gasteiger partial charge in [-0.15, -0.1) is 0 Å². The highest BCUT2D eigenvalue weighted by atomic mass is 79.9. The van der Waals surface area contributed by atoms with E-state index in [2.05, 4.69) is 26.2 Å². The number of hydrogen-bond donors (Lipinski definition) is 2. The summed E-state index contributed by atoms with van der Waals surface area (Å²) >= 11 is 3.28. The molecule has 5 nitrogen and oxygen atoms in total. The van der Waals surface area contributed by atoms with Crippen LogP contribution in [-0.4, -0.2) is 28.6 Å². The van der Waals surface area contributed by atoms with E-state index in [0.29, 0.717) is 15.7 Å². The van der Waals surface area contributed by atoms with Crippen LogP contribution in [0.15, 0.2) is 47.1 Å². The van der Waals surface area contributed by atoms with Gasteiger partial charge in [0.1, 0.15) is 11.4 Å². The minimum atomic E-state index is -0.797. The van der Waals surface area contributed by atoms with Crippen LogP contribution in [0.5, 0.6) is 5.75 Å². The lowest BCUT2D eigenvalue weighted by Gasteiger charge is -2.14. The number of aromatic nitrogens is 1. The number of ether oxygens (including phenoxy) is 1. The quantitative estimate of drug-likeness (QED) is 0.809. The molecule has 1 heterocycles. The molecule has 1 aromatic carbocycles. The second-order valence-corrected chi connectivity index (χ2v) is 6.15. The second-order valence-electron chi connectivity index (χ2n) is 5.30. The Morgan fingerprint density at radius 3 is 2.61 bits per heavy atom. The summed E-state index contributed by atoms with van der Waals surface area (Å²) in [5.41, 5.74) is 1.00. The molecule has 0 aliphatic carbocycles. The molecule has 2 rings (SSSR count). The van der Waals surface area contributed by atoms with Crippen LogP contribution < -0.4 is 10.1 Å². The van der Waals surface area contributed by atoms with Crippen molar-refractivity contribution < 1.29 is 14.6 Å². The van der Waals surface area contributed by atoms with Crippen LogP contribution in [0.25, 0.3) is 0 Å². The summed E-state index contributed by atoms with van der Waals surface area (Å²) in [6, 6.07) is 10.6. The van der Waals surface area contributed by atoms with Crippen molar-refractivity contribution in [2.75, 3.05) is 6.54 Å². The third-order valence-corrected chi connectivity index (χ3v) is 3.71. The summed E-state index contributed by atoms with van der Waals surface area (Å²) < 4.78 is 6.17. The Morgan fingerprint density at radius 1 is 1.30 bits per heavy atom. The third-order valence-electron chi connectivity index (χ3n) is 3.07. The van der Waals surface area contributed by atoms with Crippen LogP contribution in [-0.2, 0) is 0 Å². The zero-order valence-corrected chi connectivity index (χ0v) is 14.6. The summed E-state index contributed by atoms with van der Waals surface area (Å²) in [5, 5.41) is 12.8. The molecule has 6 heteroatoms. The molecule has 0 radical (unpaired) electrons. The van der Waals surface area contributed by atoms with Gasteiger partial charge in [-0.25, -0.2) is 4.98 Å². The van der Waals surface area contributed by atoms with Crippen LogP contribution >= 0.6 is 15.9 Å². The van der Waals surface area contributed by atoms with E-state index in [0.717, 1.165) is 5.75 Å². The van der Waals surface area contributed by atoms with E-state index < -0.39 is 6.10 Å². The molecule has 0 aliphatic rings. The lowest BCUT2D eigenvalue weighted by Crippen LogP contribution is -2.29. The molecule has 1 atom stereocenters. The molecule has 122 valence electrons. The maximum atomic E-state index is 12.0. The fourth-order valence-electron chi connectivity index (χ4n) is 1.98. The number of pyridine rings is 1. The Kier molecular flexibility index (Phi) is 6.12. The zero-order chi connectivity index (χ0) is 16.8. The molecule has 0 spiro atoms. The molecule has 1 unspecified atom stereocenters. The van der Waals surface area contributed by atoms with E-state index in [1.807, 2.05) is 13.8 Å². The molecule has 0 saturated heterocycles. The first-order valence-electron chi connectivity index (χ1n) is 7.30. The minimum Gasteiger partial charge on any atom is -0.491 e. The summed E-state index contributed by atoms with van der Waals surface area (Å²) in [4.78, 5) is 16.1. The van der Waals surface area contributed by atoms with Gasteiger partial charge in [0.25, 0.3) is 5.91 Å². The van der Waals surface area contributed by atoms with Gasteiger partial charge in [-0.1, -0.05) is 12.1 Å². The first-order valence-corrected chi connectivity index (χ1v) is 8.10. The molecule has 2 N–H and O–H groups in total. The molecular weight excluding hydrogens is 360 g/mol. The van der Waals surface area contributed by atoms with Crippen molar-refractivity contribution in [1.82, 2.24) is 10.3 Å². The second kappa shape index (κ2) is 8.08. The summed E-state index contributed by atoms with van der Waals surface area (Å²) in [6.45, 7) is 4.01. The largest absolute Gasteiger partial charge is 0.491 e. The number of rotatable bonds is 6. The summed E-state index contributed by atoms with van der Waals surface area (Å²) in [7, 11) is 0. The number of halogens is 1. The molecule has 0 bridgehead atoms. The standard InChI is InChI=1S/C17H19BrN2O3/c1-11(2)23-13-7-5-12(6-8-13)15(21)10-20-17(22)16-14(18)4-3-9-19-16/h3-9,11,15,21H,10H2,1-2H3,(H,20,22). The molecule has 2 aromatic rings. The first kappa shape index (κ1) is 17.4. The van der Waals surface area contributed by atoms with Crippen LogP contribution in [0.4, 0.5) is 0 Å². The van der Waals surface area contributed by atoms with E-state index in [1.54, 1.807) is 42.6 Å². The molecular formula is C17H19BrN2O3. The molecule has 0 fully saturated rings. The topological polar surface area (TPSA) is 71.5 Å². The highest BCUT2D eigenvalue weighted by Crippen LogP contribution is 2.19. The lowest BCUT2D eigenvalue weighted by molar-refractivity contribution is 0.0910. The fourth-order valence-corrected chi connectivity index (χ4v) is 2.42. The van der Waals surface area contributed by atoms with Gasteiger partial charge in [-0.3, -0.25) is 4.79 Å². The van der Waals surface area contributed by atoms with Crippen LogP contribution in [0.2, 0.25) is 0 Å². The Hall–Kier alpha value is -1.92. The maximum absolute atomic E-state index is 12.0. The zero-order valence-electron chi connectivity index (χ0n) is 13.0. The maximum Gasteiger partial charge on any atom is 0.271 e. The van der Waals surface area contributed by atoms with Crippen molar-refractivity contribution in [3.63, 3.8) is 0 Å². The molecule has 1 aromatic heterocycles. The van der Waals surface area contributed by atoms with E-state index in [4.69, 9.17) is 4.74 Å². The van der Waals surface area contributed by atoms with Crippen LogP contribution in [0, 0.1) is 0 Å². The van der Waals surface area contributed by atoms with Gasteiger partial charge in [0, 0.05) is 17.2 Å². The van der Waals surface area contributed by atoms with Crippen molar-refractivity contribution >= 4 is 21.8 Å². The van der Waals surface area contributed by atoms with Gasteiger partial charge < -0.3 is 15.2 Å². The van der Waals surface area contributed by atoms with Gasteiger partial charge in [-0.05, 0) is 59.6 Å². The Morgan fingerprint density at radius 2 is 2.00 bits per heavy atom. The van der Waals surface area contributed by atoms with Gasteiger partial charge in [-0.2, -0.15) is 0 Å². The van der Waals surface area contributed by atoms with E-state index in [1.165, 1.54) is 0 Å².